The molecule has 6 rings (SSSR count). The first kappa shape index (κ1) is 50.8. The Labute approximate surface area is 391 Å². The lowest BCUT2D eigenvalue weighted by molar-refractivity contribution is -0.146. The van der Waals surface area contributed by atoms with Gasteiger partial charge in [-0.3, -0.25) is 28.8 Å². The zero-order valence-corrected chi connectivity index (χ0v) is 37.0. The van der Waals surface area contributed by atoms with E-state index >= 15 is 0 Å². The number of aliphatic carboxylic acids is 1. The monoisotopic (exact) mass is 967 g/mol. The number of amides is 6. The molecule has 0 spiro atoms. The van der Waals surface area contributed by atoms with Gasteiger partial charge >= 0.3 is 5.97 Å². The summed E-state index contributed by atoms with van der Waals surface area (Å²) < 4.78 is 5.85. The maximum Gasteiger partial charge on any atom is 0.329 e. The zero-order chi connectivity index (χ0) is 49.4. The Bertz CT molecular complexity index is 2550. The van der Waals surface area contributed by atoms with Crippen molar-refractivity contribution in [2.45, 2.75) is 75.1 Å². The second-order valence-corrected chi connectivity index (χ2v) is 16.7. The Balaban J connectivity index is 1.58. The topological polar surface area (TPSA) is 362 Å². The van der Waals surface area contributed by atoms with Crippen LogP contribution in [0.15, 0.2) is 78.9 Å². The van der Waals surface area contributed by atoms with E-state index in [0.717, 1.165) is 42.5 Å². The summed E-state index contributed by atoms with van der Waals surface area (Å²) in [5, 5.41) is 74.8. The quantitative estimate of drug-likeness (QED) is 0.0851. The lowest BCUT2D eigenvalue weighted by Crippen LogP contribution is -2.59. The van der Waals surface area contributed by atoms with Crippen molar-refractivity contribution in [3.8, 4) is 28.7 Å². The van der Waals surface area contributed by atoms with E-state index in [1.807, 2.05) is 0 Å². The Morgan fingerprint density at radius 2 is 1.40 bits per heavy atom. The molecule has 0 radical (unpaired) electrons. The number of carboxylic acids is 1. The lowest BCUT2D eigenvalue weighted by atomic mass is 9.98. The number of phenols is 3. The van der Waals surface area contributed by atoms with Crippen molar-refractivity contribution < 1.29 is 68.9 Å². The minimum Gasteiger partial charge on any atom is -0.508 e. The number of hydrogen-bond acceptors (Lipinski definition) is 14. The van der Waals surface area contributed by atoms with E-state index in [9.17, 15) is 64.2 Å². The molecule has 67 heavy (non-hydrogen) atoms. The summed E-state index contributed by atoms with van der Waals surface area (Å²) in [5.41, 5.74) is 11.2. The number of primary amides is 1. The van der Waals surface area contributed by atoms with E-state index in [1.54, 1.807) is 13.8 Å². The van der Waals surface area contributed by atoms with Gasteiger partial charge in [0.05, 0.1) is 22.5 Å². The Morgan fingerprint density at radius 1 is 0.761 bits per heavy atom. The summed E-state index contributed by atoms with van der Waals surface area (Å²) >= 11 is 12.5. The Kier molecular flexibility index (Phi) is 16.6. The van der Waals surface area contributed by atoms with E-state index in [0.29, 0.717) is 0 Å². The third-order valence-electron chi connectivity index (χ3n) is 10.3. The molecule has 23 heteroatoms. The number of hydrogen-bond donors (Lipinski definition) is 13. The largest absolute Gasteiger partial charge is 0.508 e. The molecule has 0 fully saturated rings. The number of aromatic hydroxyl groups is 3. The van der Waals surface area contributed by atoms with Crippen molar-refractivity contribution in [2.24, 2.45) is 17.4 Å². The molecule has 2 aliphatic heterocycles. The van der Waals surface area contributed by atoms with Gasteiger partial charge in [-0.05, 0) is 83.1 Å². The molecule has 15 N–H and O–H groups in total. The smallest absolute Gasteiger partial charge is 0.329 e. The number of ether oxygens (including phenoxy) is 1. The molecule has 3 unspecified atom stereocenters. The molecule has 356 valence electrons. The van der Waals surface area contributed by atoms with Crippen molar-refractivity contribution in [1.29, 1.82) is 0 Å². The summed E-state index contributed by atoms with van der Waals surface area (Å²) in [7, 11) is 0. The van der Waals surface area contributed by atoms with Crippen LogP contribution in [0, 0.1) is 5.92 Å². The number of aliphatic hydroxyl groups is 2. The van der Waals surface area contributed by atoms with Gasteiger partial charge in [0, 0.05) is 0 Å². The number of benzene rings is 4. The van der Waals surface area contributed by atoms with E-state index in [1.165, 1.54) is 36.4 Å². The van der Waals surface area contributed by atoms with Crippen LogP contribution in [0.4, 0.5) is 0 Å². The lowest BCUT2D eigenvalue weighted by Gasteiger charge is -2.29. The molecule has 0 saturated heterocycles. The van der Waals surface area contributed by atoms with Gasteiger partial charge in [0.2, 0.25) is 35.4 Å². The van der Waals surface area contributed by atoms with Crippen molar-refractivity contribution >= 4 is 64.6 Å². The van der Waals surface area contributed by atoms with Gasteiger partial charge in [0.25, 0.3) is 0 Å². The molecule has 2 aliphatic rings. The number of halogens is 2. The van der Waals surface area contributed by atoms with Gasteiger partial charge in [0.1, 0.15) is 53.6 Å². The maximum absolute atomic E-state index is 14.5. The highest BCUT2D eigenvalue weighted by molar-refractivity contribution is 6.32. The van der Waals surface area contributed by atoms with Gasteiger partial charge < -0.3 is 73.4 Å². The van der Waals surface area contributed by atoms with Crippen molar-refractivity contribution in [3.05, 3.63) is 111 Å². The molecule has 6 amide bonds. The number of carbonyl (C=O) groups excluding carboxylic acids is 6. The summed E-state index contributed by atoms with van der Waals surface area (Å²) in [4.78, 5) is 95.3. The van der Waals surface area contributed by atoms with E-state index < -0.39 is 102 Å². The highest BCUT2D eigenvalue weighted by atomic mass is 35.5. The van der Waals surface area contributed by atoms with E-state index in [-0.39, 0.29) is 67.6 Å². The molecule has 0 aromatic heterocycles. The number of nitrogens with two attached hydrogens (primary N) is 2. The molecule has 0 saturated carbocycles. The summed E-state index contributed by atoms with van der Waals surface area (Å²) in [6.45, 7) is 3.57. The van der Waals surface area contributed by atoms with Crippen LogP contribution in [0.3, 0.4) is 0 Å². The highest BCUT2D eigenvalue weighted by Gasteiger charge is 2.38. The molecule has 4 aromatic carbocycles. The van der Waals surface area contributed by atoms with Gasteiger partial charge in [-0.25, -0.2) is 4.79 Å². The number of rotatable bonds is 14. The predicted molar refractivity (Wildman–Crippen MR) is 237 cm³/mol. The van der Waals surface area contributed by atoms with Crippen LogP contribution in [-0.4, -0.2) is 96.2 Å². The van der Waals surface area contributed by atoms with Crippen LogP contribution < -0.4 is 42.8 Å². The first-order valence-electron chi connectivity index (χ1n) is 20.3. The normalized spacial score (nSPS) is 19.1. The molecule has 8 atom stereocenters. The number of carboxylic acid groups (broad SMARTS) is 1. The van der Waals surface area contributed by atoms with Crippen LogP contribution in [0.1, 0.15) is 73.2 Å². The average molecular weight is 969 g/mol. The standard InChI is InChI=1S/C44H47Cl2N7O14/c1-18(2)13-26(47)39(60)52-35(37(58)21-6-10-28(55)24(45)14-21)43(64)49-27(17-32(48)57)40(61)50-34-20-5-11-29(56)31(16-20)67-30-12-7-22(15-25(30)46)38(59)36(44(65)66)53-41(62)33(51-42(34)63)19-3-8-23(54)9-4-19/h3-12,14-16,18,26-27,33-38,54-56,58-59H,13,17,47H2,1-2H3,(H2,48,57)(H,49,64)(H,50,61)(H,51,63)(H,52,60)(H,53,62)(H,65,66)/t26-,27+,33-,34-,35-,36?,37?,38?/m1/s1. The molecule has 0 aliphatic carbocycles. The predicted octanol–water partition coefficient (Wildman–Crippen LogP) is 1.49. The fraction of sp³-hybridized carbons (Fsp3) is 0.295. The molecular weight excluding hydrogens is 921 g/mol. The molecule has 4 aromatic rings. The highest BCUT2D eigenvalue weighted by Crippen LogP contribution is 2.38. The SMILES string of the molecule is CC(C)C[C@@H](N)C(=O)N[C@@H](C(=O)N[C@@H](CC(N)=O)C(=O)N[C@H]1C(=O)N[C@H](c2ccc(O)cc2)C(=O)NC(C(=O)O)C(O)c2ccc(c(Cl)c2)Oc2cc1ccc2O)C(O)c1ccc(O)c(Cl)c1. The fourth-order valence-corrected chi connectivity index (χ4v) is 7.29. The fourth-order valence-electron chi connectivity index (χ4n) is 6.87. The third-order valence-corrected chi connectivity index (χ3v) is 10.9. The Morgan fingerprint density at radius 3 is 2.01 bits per heavy atom. The number of fused-ring (bicyclic) bond motifs is 9. The minimum absolute atomic E-state index is 0.0378. The Hall–Kier alpha value is -7.17. The third kappa shape index (κ3) is 12.8. The summed E-state index contributed by atoms with van der Waals surface area (Å²) in [5.74, 6) is -10.5. The number of aliphatic hydroxyl groups excluding tert-OH is 2. The first-order valence-corrected chi connectivity index (χ1v) is 21.0. The van der Waals surface area contributed by atoms with Gasteiger partial charge in [0.15, 0.2) is 17.5 Å². The summed E-state index contributed by atoms with van der Waals surface area (Å²) in [6.07, 6.45) is -4.66. The number of nitrogens with one attached hydrogen (secondary N) is 5. The minimum atomic E-state index is -2.06. The van der Waals surface area contributed by atoms with Crippen molar-refractivity contribution in [2.75, 3.05) is 0 Å². The van der Waals surface area contributed by atoms with Gasteiger partial charge in [-0.15, -0.1) is 0 Å². The van der Waals surface area contributed by atoms with Crippen LogP contribution >= 0.6 is 23.2 Å². The van der Waals surface area contributed by atoms with Gasteiger partial charge in [-0.2, -0.15) is 0 Å². The molecule has 21 nitrogen and oxygen atoms in total. The maximum atomic E-state index is 14.5. The van der Waals surface area contributed by atoms with Crippen LogP contribution in [0.2, 0.25) is 10.0 Å². The molecular formula is C44H47Cl2N7O14. The van der Waals surface area contributed by atoms with E-state index in [2.05, 4.69) is 26.6 Å². The zero-order valence-electron chi connectivity index (χ0n) is 35.5. The van der Waals surface area contributed by atoms with Crippen molar-refractivity contribution in [1.82, 2.24) is 26.6 Å². The molecule has 2 heterocycles. The first-order chi connectivity index (χ1) is 31.5. The second-order valence-electron chi connectivity index (χ2n) is 15.9. The van der Waals surface area contributed by atoms with E-state index in [4.69, 9.17) is 39.4 Å². The van der Waals surface area contributed by atoms with Crippen molar-refractivity contribution in [3.63, 3.8) is 0 Å². The van der Waals surface area contributed by atoms with Gasteiger partial charge in [-0.1, -0.05) is 67.4 Å². The summed E-state index contributed by atoms with van der Waals surface area (Å²) in [6, 6.07) is 4.19. The van der Waals surface area contributed by atoms with Crippen LogP contribution in [-0.2, 0) is 33.6 Å². The number of phenolic OH excluding ortho intramolecular Hbond substituents is 3. The average Bonchev–Trinajstić information content (AvgIpc) is 3.26. The second kappa shape index (κ2) is 21.9. The van der Waals surface area contributed by atoms with Crippen LogP contribution in [0.5, 0.6) is 28.7 Å². The van der Waals surface area contributed by atoms with Crippen LogP contribution in [0.25, 0.3) is 0 Å². The molecule has 4 bridgehead atoms. The number of carbonyl (C=O) groups is 7.